The number of para-hydroxylation sites is 1. The molecular formula is C19H20N4O. The van der Waals surface area contributed by atoms with E-state index in [2.05, 4.69) is 32.5 Å². The third kappa shape index (κ3) is 3.15. The number of nitrogens with one attached hydrogen (secondary N) is 2. The van der Waals surface area contributed by atoms with Crippen molar-refractivity contribution in [2.45, 2.75) is 13.8 Å². The fourth-order valence-corrected chi connectivity index (χ4v) is 2.66. The van der Waals surface area contributed by atoms with Gasteiger partial charge in [0, 0.05) is 34.9 Å². The van der Waals surface area contributed by atoms with Crippen molar-refractivity contribution in [1.82, 2.24) is 9.99 Å². The number of hydrogen-bond donors (Lipinski definition) is 2. The smallest absolute Gasteiger partial charge is 0.339 e. The van der Waals surface area contributed by atoms with Crippen molar-refractivity contribution >= 4 is 28.8 Å². The summed E-state index contributed by atoms with van der Waals surface area (Å²) < 4.78 is 2.11. The molecule has 2 aromatic carbocycles. The molecule has 24 heavy (non-hydrogen) atoms. The molecule has 2 N–H and O–H groups in total. The molecule has 3 aromatic rings. The summed E-state index contributed by atoms with van der Waals surface area (Å²) in [7, 11) is 2.02. The number of carbonyl (C=O) groups excluding carboxylic acids is 1. The fourth-order valence-electron chi connectivity index (χ4n) is 2.66. The molecule has 5 nitrogen and oxygen atoms in total. The summed E-state index contributed by atoms with van der Waals surface area (Å²) in [4.78, 5) is 11.9. The van der Waals surface area contributed by atoms with E-state index in [1.807, 2.05) is 57.3 Å². The Morgan fingerprint density at radius 1 is 1.08 bits per heavy atom. The normalized spacial score (nSPS) is 11.1. The van der Waals surface area contributed by atoms with Gasteiger partial charge < -0.3 is 9.88 Å². The summed E-state index contributed by atoms with van der Waals surface area (Å²) in [5, 5.41) is 7.94. The fraction of sp³-hybridized carbons (Fsp3) is 0.158. The van der Waals surface area contributed by atoms with Crippen molar-refractivity contribution in [1.29, 1.82) is 0 Å². The van der Waals surface area contributed by atoms with Crippen molar-refractivity contribution in [2.75, 3.05) is 5.32 Å². The molecule has 0 radical (unpaired) electrons. The molecule has 0 bridgehead atoms. The number of carbonyl (C=O) groups is 1. The number of hydrogen-bond acceptors (Lipinski definition) is 2. The van der Waals surface area contributed by atoms with Gasteiger partial charge in [-0.2, -0.15) is 5.10 Å². The molecule has 1 aromatic heterocycles. The van der Waals surface area contributed by atoms with Gasteiger partial charge >= 0.3 is 6.03 Å². The molecule has 0 aliphatic carbocycles. The number of aromatic nitrogens is 1. The number of anilines is 1. The van der Waals surface area contributed by atoms with E-state index in [9.17, 15) is 4.79 Å². The second-order valence-electron chi connectivity index (χ2n) is 5.77. The Balaban J connectivity index is 1.71. The summed E-state index contributed by atoms with van der Waals surface area (Å²) in [6.45, 7) is 4.04. The molecular weight excluding hydrogens is 300 g/mol. The van der Waals surface area contributed by atoms with Crippen LogP contribution in [0.1, 0.15) is 16.8 Å². The molecule has 5 heteroatoms. The molecule has 0 aliphatic heterocycles. The second kappa shape index (κ2) is 6.58. The van der Waals surface area contributed by atoms with Crippen molar-refractivity contribution in [2.24, 2.45) is 12.1 Å². The van der Waals surface area contributed by atoms with Gasteiger partial charge in [0.2, 0.25) is 0 Å². The van der Waals surface area contributed by atoms with Gasteiger partial charge in [-0.1, -0.05) is 35.9 Å². The number of nitrogens with zero attached hydrogens (tertiary/aromatic N) is 2. The lowest BCUT2D eigenvalue weighted by atomic mass is 10.1. The lowest BCUT2D eigenvalue weighted by molar-refractivity contribution is 0.252. The number of aryl methyl sites for hydroxylation is 2. The monoisotopic (exact) mass is 320 g/mol. The van der Waals surface area contributed by atoms with Gasteiger partial charge in [0.25, 0.3) is 0 Å². The predicted molar refractivity (Wildman–Crippen MR) is 98.6 cm³/mol. The maximum atomic E-state index is 11.9. The van der Waals surface area contributed by atoms with Gasteiger partial charge in [-0.25, -0.2) is 10.2 Å². The van der Waals surface area contributed by atoms with Crippen LogP contribution in [-0.2, 0) is 7.05 Å². The van der Waals surface area contributed by atoms with Crippen LogP contribution in [-0.4, -0.2) is 16.8 Å². The predicted octanol–water partition coefficient (Wildman–Crippen LogP) is 3.95. The number of benzene rings is 2. The van der Waals surface area contributed by atoms with Crippen LogP contribution in [0.5, 0.6) is 0 Å². The molecule has 0 saturated heterocycles. The summed E-state index contributed by atoms with van der Waals surface area (Å²) in [6, 6.07) is 15.4. The zero-order chi connectivity index (χ0) is 17.1. The molecule has 1 heterocycles. The largest absolute Gasteiger partial charge is 0.347 e. The molecule has 122 valence electrons. The van der Waals surface area contributed by atoms with E-state index < -0.39 is 0 Å². The Morgan fingerprint density at radius 3 is 2.54 bits per heavy atom. The van der Waals surface area contributed by atoms with Gasteiger partial charge in [-0.3, -0.25) is 0 Å². The van der Waals surface area contributed by atoms with E-state index in [1.54, 1.807) is 6.21 Å². The number of fused-ring (bicyclic) bond motifs is 1. The van der Waals surface area contributed by atoms with Gasteiger partial charge in [0.15, 0.2) is 0 Å². The van der Waals surface area contributed by atoms with Crippen LogP contribution in [0.4, 0.5) is 10.5 Å². The van der Waals surface area contributed by atoms with E-state index >= 15 is 0 Å². The van der Waals surface area contributed by atoms with Gasteiger partial charge in [-0.15, -0.1) is 0 Å². The Kier molecular flexibility index (Phi) is 4.33. The first-order valence-corrected chi connectivity index (χ1v) is 7.77. The molecule has 2 amide bonds. The standard InChI is InChI=1S/C19H20N4O/c1-13-8-10-15(11-9-13)21-19(24)22-20-12-17-14(2)23(3)18-7-5-4-6-16(17)18/h4-12H,1-3H3,(H2,21,22,24)/b20-12-. The Hall–Kier alpha value is -3.08. The number of amides is 2. The highest BCUT2D eigenvalue weighted by Crippen LogP contribution is 2.22. The van der Waals surface area contributed by atoms with Gasteiger partial charge in [0.1, 0.15) is 0 Å². The zero-order valence-electron chi connectivity index (χ0n) is 14.0. The highest BCUT2D eigenvalue weighted by Gasteiger charge is 2.09. The Labute approximate surface area is 141 Å². The van der Waals surface area contributed by atoms with Crippen LogP contribution in [0, 0.1) is 13.8 Å². The summed E-state index contributed by atoms with van der Waals surface area (Å²) in [5.74, 6) is 0. The van der Waals surface area contributed by atoms with Crippen molar-refractivity contribution in [3.8, 4) is 0 Å². The van der Waals surface area contributed by atoms with E-state index in [1.165, 1.54) is 0 Å². The third-order valence-corrected chi connectivity index (χ3v) is 4.12. The van der Waals surface area contributed by atoms with Crippen LogP contribution in [0.3, 0.4) is 0 Å². The minimum Gasteiger partial charge on any atom is -0.347 e. The van der Waals surface area contributed by atoms with E-state index in [0.717, 1.165) is 33.4 Å². The van der Waals surface area contributed by atoms with E-state index in [-0.39, 0.29) is 6.03 Å². The Bertz CT molecular complexity index is 907. The first-order valence-electron chi connectivity index (χ1n) is 7.77. The van der Waals surface area contributed by atoms with Crippen LogP contribution in [0.2, 0.25) is 0 Å². The SMILES string of the molecule is Cc1ccc(NC(=O)N/N=C\c2c(C)n(C)c3ccccc23)cc1. The maximum absolute atomic E-state index is 11.9. The van der Waals surface area contributed by atoms with Crippen molar-refractivity contribution < 1.29 is 4.79 Å². The van der Waals surface area contributed by atoms with Crippen LogP contribution in [0.15, 0.2) is 53.6 Å². The van der Waals surface area contributed by atoms with Crippen molar-refractivity contribution in [3.63, 3.8) is 0 Å². The van der Waals surface area contributed by atoms with Crippen LogP contribution in [0.25, 0.3) is 10.9 Å². The topological polar surface area (TPSA) is 58.4 Å². The highest BCUT2D eigenvalue weighted by molar-refractivity contribution is 6.01. The molecule has 0 aliphatic rings. The second-order valence-corrected chi connectivity index (χ2v) is 5.77. The highest BCUT2D eigenvalue weighted by atomic mass is 16.2. The first-order chi connectivity index (χ1) is 11.6. The minimum atomic E-state index is -0.368. The molecule has 0 spiro atoms. The van der Waals surface area contributed by atoms with Gasteiger partial charge in [-0.05, 0) is 32.0 Å². The Morgan fingerprint density at radius 2 is 1.79 bits per heavy atom. The first kappa shape index (κ1) is 15.8. The van der Waals surface area contributed by atoms with E-state index in [0.29, 0.717) is 0 Å². The third-order valence-electron chi connectivity index (χ3n) is 4.12. The van der Waals surface area contributed by atoms with Crippen LogP contribution >= 0.6 is 0 Å². The van der Waals surface area contributed by atoms with Crippen LogP contribution < -0.4 is 10.7 Å². The lowest BCUT2D eigenvalue weighted by Crippen LogP contribution is -2.24. The summed E-state index contributed by atoms with van der Waals surface area (Å²) >= 11 is 0. The molecule has 0 unspecified atom stereocenters. The quantitative estimate of drug-likeness (QED) is 0.557. The number of rotatable bonds is 3. The zero-order valence-corrected chi connectivity index (χ0v) is 14.0. The minimum absolute atomic E-state index is 0.368. The number of hydrazone groups is 1. The van der Waals surface area contributed by atoms with Gasteiger partial charge in [0.05, 0.1) is 6.21 Å². The molecule has 0 atom stereocenters. The van der Waals surface area contributed by atoms with Crippen molar-refractivity contribution in [3.05, 3.63) is 65.4 Å². The average molecular weight is 320 g/mol. The summed E-state index contributed by atoms with van der Waals surface area (Å²) in [6.07, 6.45) is 1.69. The number of urea groups is 1. The summed E-state index contributed by atoms with van der Waals surface area (Å²) in [5.41, 5.74) is 7.62. The molecule has 3 rings (SSSR count). The average Bonchev–Trinajstić information content (AvgIpc) is 2.82. The molecule has 0 fully saturated rings. The lowest BCUT2D eigenvalue weighted by Gasteiger charge is -2.04. The van der Waals surface area contributed by atoms with E-state index in [4.69, 9.17) is 0 Å². The maximum Gasteiger partial charge on any atom is 0.339 e. The molecule has 0 saturated carbocycles.